The van der Waals surface area contributed by atoms with Gasteiger partial charge in [0.1, 0.15) is 29.8 Å². The van der Waals surface area contributed by atoms with Crippen molar-refractivity contribution in [1.82, 2.24) is 31.2 Å². The molecule has 9 N–H and O–H groups in total. The second kappa shape index (κ2) is 27.3. The van der Waals surface area contributed by atoms with E-state index in [0.717, 1.165) is 37.7 Å². The number of H-pyrrole nitrogens is 1. The van der Waals surface area contributed by atoms with Crippen molar-refractivity contribution in [3.8, 4) is 0 Å². The number of rotatable bonds is 26. The Bertz CT molecular complexity index is 2020. The first-order valence-electron chi connectivity index (χ1n) is 24.3. The molecule has 0 unspecified atom stereocenters. The van der Waals surface area contributed by atoms with E-state index in [1.54, 1.807) is 57.3 Å². The van der Waals surface area contributed by atoms with Crippen LogP contribution in [0.4, 0.5) is 10.5 Å². The van der Waals surface area contributed by atoms with Crippen molar-refractivity contribution in [3.63, 3.8) is 0 Å². The quantitative estimate of drug-likeness (QED) is 0.0462. The van der Waals surface area contributed by atoms with Gasteiger partial charge in [-0.05, 0) is 102 Å². The third-order valence-electron chi connectivity index (χ3n) is 12.2. The molecule has 17 nitrogen and oxygen atoms in total. The fourth-order valence-corrected chi connectivity index (χ4v) is 8.77. The summed E-state index contributed by atoms with van der Waals surface area (Å²) in [4.78, 5) is 91.4. The summed E-state index contributed by atoms with van der Waals surface area (Å²) in [6.45, 7) is 10.8. The minimum atomic E-state index is -1.24. The Morgan fingerprint density at radius 3 is 2.01 bits per heavy atom. The number of nitrogens with zero attached hydrogens (tertiary/aromatic N) is 2. The first kappa shape index (κ1) is 54.8. The summed E-state index contributed by atoms with van der Waals surface area (Å²) in [5.74, 6) is -4.11. The van der Waals surface area contributed by atoms with Gasteiger partial charge in [0.25, 0.3) is 0 Å². The highest BCUT2D eigenvalue weighted by Crippen LogP contribution is 2.30. The van der Waals surface area contributed by atoms with Crippen molar-refractivity contribution in [3.05, 3.63) is 84.4 Å². The molecule has 68 heavy (non-hydrogen) atoms. The number of nitrogens with two attached hydrogens (primary N) is 1. The molecule has 0 bridgehead atoms. The molecule has 374 valence electrons. The molecule has 7 atom stereocenters. The van der Waals surface area contributed by atoms with Crippen LogP contribution in [0.3, 0.4) is 0 Å². The number of carbonyl (C=O) groups is 6. The zero-order valence-corrected chi connectivity index (χ0v) is 40.7. The molecule has 0 spiro atoms. The Labute approximate surface area is 401 Å². The highest BCUT2D eigenvalue weighted by molar-refractivity contribution is 6.03. The summed E-state index contributed by atoms with van der Waals surface area (Å²) in [6, 6.07) is 12.1. The number of aliphatic carboxylic acids is 1. The van der Waals surface area contributed by atoms with E-state index in [2.05, 4.69) is 31.2 Å². The number of ether oxygens (including phenoxy) is 1. The molecule has 0 saturated heterocycles. The largest absolute Gasteiger partial charge is 0.480 e. The lowest BCUT2D eigenvalue weighted by molar-refractivity contribution is -0.140. The fraction of sp³-hybridized carbons (Fsp3) is 0.588. The van der Waals surface area contributed by atoms with Crippen molar-refractivity contribution in [2.75, 3.05) is 11.4 Å². The van der Waals surface area contributed by atoms with E-state index in [-0.39, 0.29) is 37.5 Å². The molecular weight excluding hydrogens is 869 g/mol. The van der Waals surface area contributed by atoms with Gasteiger partial charge < -0.3 is 46.9 Å². The summed E-state index contributed by atoms with van der Waals surface area (Å²) in [5.41, 5.74) is 6.67. The number of hydrogen-bond acceptors (Lipinski definition) is 10. The lowest BCUT2D eigenvalue weighted by Crippen LogP contribution is -2.58. The van der Waals surface area contributed by atoms with Gasteiger partial charge in [-0.25, -0.2) is 14.6 Å². The van der Waals surface area contributed by atoms with Gasteiger partial charge in [0.15, 0.2) is 0 Å². The Hall–Kier alpha value is -5.81. The van der Waals surface area contributed by atoms with E-state index in [4.69, 9.17) is 10.5 Å². The molecule has 1 heterocycles. The van der Waals surface area contributed by atoms with Crippen LogP contribution >= 0.6 is 0 Å². The SMILES string of the molecule is CC(C)C[C@H](C[C@H](O)[C@H](CC1CCCCC1)NC(=O)[C@H](Cc1cnc[nH]1)NC(=O)[C@H](Cc1ccccc1)NC(=O)OC(C)(C)C)C(=O)N[C@@H](CCCCN)C(=O)N(c1ccccc1)[C@@H](C)C(=O)O. The van der Waals surface area contributed by atoms with Gasteiger partial charge in [0, 0.05) is 36.3 Å². The molecule has 1 fully saturated rings. The monoisotopic (exact) mass is 945 g/mol. The van der Waals surface area contributed by atoms with Crippen LogP contribution in [0.15, 0.2) is 73.2 Å². The summed E-state index contributed by atoms with van der Waals surface area (Å²) >= 11 is 0. The van der Waals surface area contributed by atoms with Gasteiger partial charge >= 0.3 is 12.1 Å². The number of imidazole rings is 1. The maximum absolute atomic E-state index is 14.6. The lowest BCUT2D eigenvalue weighted by Gasteiger charge is -2.34. The molecule has 5 amide bonds. The summed E-state index contributed by atoms with van der Waals surface area (Å²) < 4.78 is 5.49. The number of carbonyl (C=O) groups excluding carboxylic acids is 5. The van der Waals surface area contributed by atoms with Gasteiger partial charge in [0.05, 0.1) is 18.5 Å². The van der Waals surface area contributed by atoms with E-state index in [1.807, 2.05) is 44.2 Å². The first-order chi connectivity index (χ1) is 32.3. The van der Waals surface area contributed by atoms with E-state index >= 15 is 0 Å². The molecule has 0 aliphatic heterocycles. The zero-order chi connectivity index (χ0) is 49.8. The van der Waals surface area contributed by atoms with Crippen LogP contribution in [0.1, 0.15) is 123 Å². The van der Waals surface area contributed by atoms with E-state index < -0.39 is 83.5 Å². The molecule has 1 aliphatic rings. The predicted octanol–water partition coefficient (Wildman–Crippen LogP) is 5.56. The van der Waals surface area contributed by atoms with Crippen LogP contribution in [-0.4, -0.2) is 104 Å². The van der Waals surface area contributed by atoms with Gasteiger partial charge in [-0.1, -0.05) is 94.5 Å². The zero-order valence-electron chi connectivity index (χ0n) is 40.7. The van der Waals surface area contributed by atoms with Crippen LogP contribution in [0.2, 0.25) is 0 Å². The van der Waals surface area contributed by atoms with Gasteiger partial charge in [-0.3, -0.25) is 24.1 Å². The molecule has 17 heteroatoms. The van der Waals surface area contributed by atoms with E-state index in [0.29, 0.717) is 43.6 Å². The number of anilines is 1. The fourth-order valence-electron chi connectivity index (χ4n) is 8.77. The van der Waals surface area contributed by atoms with Crippen LogP contribution in [0.5, 0.6) is 0 Å². The standard InChI is InChI=1S/C51H76N8O9/c1-33(2)26-37(45(61)55-40(24-16-17-25-52)48(64)59(34(3)49(65)66)39-22-14-9-15-23-39)29-44(60)41(27-35-18-10-7-11-19-35)56-47(63)43(30-38-31-53-32-54-38)57-46(62)42(28-36-20-12-8-13-21-36)58-50(67)68-51(4,5)6/h8-9,12-15,20-23,31-35,37,40-44,60H,7,10-11,16-19,24-30,52H2,1-6H3,(H,53,54)(H,55,61)(H,56,63)(H,57,62)(H,58,67)(H,65,66)/t34-,37+,40-,41-,42-,43-,44-/m0/s1. The number of alkyl carbamates (subject to hydrolysis) is 1. The second-order valence-corrected chi connectivity index (χ2v) is 19.6. The predicted molar refractivity (Wildman–Crippen MR) is 260 cm³/mol. The van der Waals surface area contributed by atoms with Crippen LogP contribution in [0.25, 0.3) is 0 Å². The molecule has 1 aromatic heterocycles. The molecule has 3 aromatic rings. The summed E-state index contributed by atoms with van der Waals surface area (Å²) in [5, 5.41) is 33.9. The molecule has 0 radical (unpaired) electrons. The highest BCUT2D eigenvalue weighted by atomic mass is 16.6. The third kappa shape index (κ3) is 18.4. The summed E-state index contributed by atoms with van der Waals surface area (Å²) in [7, 11) is 0. The molecule has 4 rings (SSSR count). The van der Waals surface area contributed by atoms with Gasteiger partial charge in [0.2, 0.25) is 23.6 Å². The Balaban J connectivity index is 1.63. The Morgan fingerprint density at radius 1 is 0.809 bits per heavy atom. The third-order valence-corrected chi connectivity index (χ3v) is 12.2. The smallest absolute Gasteiger partial charge is 0.408 e. The van der Waals surface area contributed by atoms with E-state index in [9.17, 15) is 39.0 Å². The van der Waals surface area contributed by atoms with Gasteiger partial charge in [-0.2, -0.15) is 0 Å². The number of aromatic amines is 1. The number of hydrogen-bond donors (Lipinski definition) is 8. The van der Waals surface area contributed by atoms with Crippen molar-refractivity contribution >= 4 is 41.4 Å². The Kier molecular flexibility index (Phi) is 22.0. The van der Waals surface area contributed by atoms with Crippen molar-refractivity contribution in [2.24, 2.45) is 23.5 Å². The number of carboxylic acid groups (broad SMARTS) is 1. The van der Waals surface area contributed by atoms with Crippen LogP contribution in [-0.2, 0) is 41.6 Å². The number of aliphatic hydroxyl groups is 1. The average Bonchev–Trinajstić information content (AvgIpc) is 3.81. The lowest BCUT2D eigenvalue weighted by atomic mass is 9.81. The normalized spacial score (nSPS) is 16.2. The highest BCUT2D eigenvalue weighted by Gasteiger charge is 2.37. The Morgan fingerprint density at radius 2 is 1.43 bits per heavy atom. The average molecular weight is 945 g/mol. The number of nitrogens with one attached hydrogen (secondary N) is 5. The number of carboxylic acids is 1. The molecular formula is C51H76N8O9. The van der Waals surface area contributed by atoms with Crippen molar-refractivity contribution in [2.45, 2.75) is 167 Å². The topological polar surface area (TPSA) is 258 Å². The number of aliphatic hydroxyl groups excluding tert-OH is 1. The number of benzene rings is 2. The number of amides is 5. The minimum absolute atomic E-state index is 0.00398. The summed E-state index contributed by atoms with van der Waals surface area (Å²) in [6.07, 6.45) is 7.98. The molecule has 1 aliphatic carbocycles. The van der Waals surface area contributed by atoms with Gasteiger partial charge in [-0.15, -0.1) is 0 Å². The van der Waals surface area contributed by atoms with Crippen molar-refractivity contribution in [1.29, 1.82) is 0 Å². The maximum atomic E-state index is 14.6. The van der Waals surface area contributed by atoms with Crippen molar-refractivity contribution < 1.29 is 43.7 Å². The minimum Gasteiger partial charge on any atom is -0.480 e. The first-order valence-corrected chi connectivity index (χ1v) is 24.3. The number of para-hydroxylation sites is 1. The van der Waals surface area contributed by atoms with Crippen LogP contribution < -0.4 is 31.9 Å². The molecule has 1 saturated carbocycles. The van der Waals surface area contributed by atoms with Crippen LogP contribution in [0, 0.1) is 17.8 Å². The second-order valence-electron chi connectivity index (χ2n) is 19.6. The molecule has 2 aromatic carbocycles. The number of aromatic nitrogens is 2. The van der Waals surface area contributed by atoms with E-state index in [1.165, 1.54) is 18.2 Å². The number of unbranched alkanes of at least 4 members (excludes halogenated alkanes) is 1. The maximum Gasteiger partial charge on any atom is 0.408 e.